The van der Waals surface area contributed by atoms with E-state index in [9.17, 15) is 9.59 Å². The Kier molecular flexibility index (Phi) is 4.76. The zero-order valence-electron chi connectivity index (χ0n) is 15.9. The van der Waals surface area contributed by atoms with Gasteiger partial charge < -0.3 is 14.8 Å². The Labute approximate surface area is 168 Å². The average Bonchev–Trinajstić information content (AvgIpc) is 3.12. The van der Waals surface area contributed by atoms with Crippen molar-refractivity contribution in [3.05, 3.63) is 28.5 Å². The number of rotatable bonds is 3. The molecule has 1 unspecified atom stereocenters. The highest BCUT2D eigenvalue weighted by Crippen LogP contribution is 2.35. The number of halogens is 1. The van der Waals surface area contributed by atoms with Crippen molar-refractivity contribution in [3.63, 3.8) is 0 Å². The molecular formula is C20H22ClN5O2. The predicted molar refractivity (Wildman–Crippen MR) is 105 cm³/mol. The van der Waals surface area contributed by atoms with Crippen molar-refractivity contribution < 1.29 is 9.59 Å². The second-order valence-corrected chi connectivity index (χ2v) is 8.27. The molecule has 1 N–H and O–H groups in total. The third kappa shape index (κ3) is 2.92. The summed E-state index contributed by atoms with van der Waals surface area (Å²) in [5.41, 5.74) is 1.96. The van der Waals surface area contributed by atoms with Crippen molar-refractivity contribution in [2.24, 2.45) is 11.8 Å². The molecule has 2 aromatic rings. The molecule has 1 fully saturated rings. The van der Waals surface area contributed by atoms with Gasteiger partial charge in [-0.15, -0.1) is 0 Å². The van der Waals surface area contributed by atoms with Crippen LogP contribution in [0.2, 0.25) is 5.02 Å². The van der Waals surface area contributed by atoms with Crippen molar-refractivity contribution in [1.82, 2.24) is 19.8 Å². The van der Waals surface area contributed by atoms with E-state index in [1.54, 1.807) is 22.2 Å². The number of nitrogens with zero attached hydrogens (tertiary/aromatic N) is 4. The maximum Gasteiger partial charge on any atom is 0.257 e. The molecule has 2 aliphatic rings. The van der Waals surface area contributed by atoms with Crippen molar-refractivity contribution in [2.75, 3.05) is 13.1 Å². The number of likely N-dealkylation sites (tertiary alicyclic amines) is 1. The van der Waals surface area contributed by atoms with E-state index in [4.69, 9.17) is 16.9 Å². The van der Waals surface area contributed by atoms with E-state index in [0.717, 1.165) is 10.9 Å². The topological polar surface area (TPSA) is 93.1 Å². The SMILES string of the molecule is CC(C)C(C(=O)N1CCC(C#N)CC1)N1Cc2c(Cl)cnc3[nH]cc(c23)C1=O. The molecule has 4 heterocycles. The van der Waals surface area contributed by atoms with Gasteiger partial charge in [-0.05, 0) is 18.8 Å². The number of carbonyl (C=O) groups is 2. The van der Waals surface area contributed by atoms with Crippen molar-refractivity contribution in [3.8, 4) is 6.07 Å². The highest BCUT2D eigenvalue weighted by atomic mass is 35.5. The molecule has 4 rings (SSSR count). The predicted octanol–water partition coefficient (Wildman–Crippen LogP) is 2.96. The molecule has 0 radical (unpaired) electrons. The van der Waals surface area contributed by atoms with E-state index in [1.807, 2.05) is 13.8 Å². The van der Waals surface area contributed by atoms with Crippen LogP contribution >= 0.6 is 11.6 Å². The summed E-state index contributed by atoms with van der Waals surface area (Å²) >= 11 is 6.38. The molecule has 2 aliphatic heterocycles. The van der Waals surface area contributed by atoms with E-state index >= 15 is 0 Å². The molecule has 8 heteroatoms. The lowest BCUT2D eigenvalue weighted by atomic mass is 9.93. The normalized spacial score (nSPS) is 18.6. The highest BCUT2D eigenvalue weighted by molar-refractivity contribution is 6.32. The third-order valence-corrected chi connectivity index (χ3v) is 6.11. The molecular weight excluding hydrogens is 378 g/mol. The lowest BCUT2D eigenvalue weighted by Gasteiger charge is -2.40. The maximum atomic E-state index is 13.4. The van der Waals surface area contributed by atoms with Gasteiger partial charge in [0, 0.05) is 48.9 Å². The van der Waals surface area contributed by atoms with Crippen LogP contribution in [-0.2, 0) is 11.3 Å². The van der Waals surface area contributed by atoms with Crippen LogP contribution in [0.5, 0.6) is 0 Å². The zero-order chi connectivity index (χ0) is 20.0. The summed E-state index contributed by atoms with van der Waals surface area (Å²) in [6.45, 7) is 5.29. The van der Waals surface area contributed by atoms with Crippen LogP contribution in [0.15, 0.2) is 12.4 Å². The lowest BCUT2D eigenvalue weighted by Crippen LogP contribution is -2.55. The van der Waals surface area contributed by atoms with Gasteiger partial charge in [0.15, 0.2) is 0 Å². The van der Waals surface area contributed by atoms with E-state index in [-0.39, 0.29) is 30.2 Å². The molecule has 0 bridgehead atoms. The summed E-state index contributed by atoms with van der Waals surface area (Å²) in [6, 6.07) is 1.71. The monoisotopic (exact) mass is 399 g/mol. The fourth-order valence-electron chi connectivity index (χ4n) is 4.28. The number of aromatic amines is 1. The number of amides is 2. The first-order chi connectivity index (χ1) is 13.4. The minimum atomic E-state index is -0.575. The van der Waals surface area contributed by atoms with Crippen LogP contribution in [0.25, 0.3) is 11.0 Å². The molecule has 146 valence electrons. The fourth-order valence-corrected chi connectivity index (χ4v) is 4.48. The van der Waals surface area contributed by atoms with Gasteiger partial charge in [0.05, 0.1) is 16.7 Å². The molecule has 0 aliphatic carbocycles. The lowest BCUT2D eigenvalue weighted by molar-refractivity contribution is -0.139. The van der Waals surface area contributed by atoms with Crippen LogP contribution in [0.3, 0.4) is 0 Å². The molecule has 28 heavy (non-hydrogen) atoms. The first-order valence-corrected chi connectivity index (χ1v) is 9.94. The Morgan fingerprint density at radius 3 is 2.75 bits per heavy atom. The van der Waals surface area contributed by atoms with Crippen LogP contribution in [0, 0.1) is 23.2 Å². The highest BCUT2D eigenvalue weighted by Gasteiger charge is 2.40. The van der Waals surface area contributed by atoms with Crippen LogP contribution in [0.4, 0.5) is 0 Å². The summed E-state index contributed by atoms with van der Waals surface area (Å²) < 4.78 is 0. The molecule has 2 amide bonds. The number of nitrogens with one attached hydrogen (secondary N) is 1. The fraction of sp³-hybridized carbons (Fsp3) is 0.500. The van der Waals surface area contributed by atoms with E-state index < -0.39 is 6.04 Å². The number of hydrogen-bond acceptors (Lipinski definition) is 4. The summed E-state index contributed by atoms with van der Waals surface area (Å²) in [6.07, 6.45) is 4.58. The van der Waals surface area contributed by atoms with Crippen molar-refractivity contribution in [2.45, 2.75) is 39.3 Å². The van der Waals surface area contributed by atoms with Crippen LogP contribution in [-0.4, -0.2) is 50.7 Å². The minimum absolute atomic E-state index is 0.00416. The molecule has 0 spiro atoms. The molecule has 2 aromatic heterocycles. The summed E-state index contributed by atoms with van der Waals surface area (Å²) in [4.78, 5) is 37.3. The van der Waals surface area contributed by atoms with Crippen LogP contribution < -0.4 is 0 Å². The Hall–Kier alpha value is -2.59. The third-order valence-electron chi connectivity index (χ3n) is 5.79. The summed E-state index contributed by atoms with van der Waals surface area (Å²) in [5, 5.41) is 10.3. The molecule has 1 atom stereocenters. The minimum Gasteiger partial charge on any atom is -0.345 e. The Bertz CT molecular complexity index is 984. The second kappa shape index (κ2) is 7.10. The van der Waals surface area contributed by atoms with Gasteiger partial charge in [-0.1, -0.05) is 25.4 Å². The first-order valence-electron chi connectivity index (χ1n) is 9.56. The van der Waals surface area contributed by atoms with E-state index in [2.05, 4.69) is 16.0 Å². The molecule has 7 nitrogen and oxygen atoms in total. The van der Waals surface area contributed by atoms with Gasteiger partial charge in [0.2, 0.25) is 5.91 Å². The first kappa shape index (κ1) is 18.8. The van der Waals surface area contributed by atoms with Gasteiger partial charge in [-0.3, -0.25) is 9.59 Å². The van der Waals surface area contributed by atoms with Gasteiger partial charge in [0.25, 0.3) is 5.91 Å². The Morgan fingerprint density at radius 1 is 1.39 bits per heavy atom. The maximum absolute atomic E-state index is 13.4. The second-order valence-electron chi connectivity index (χ2n) is 7.86. The standard InChI is InChI=1S/C20H22ClN5O2/c1-11(2)17(20(28)25-5-3-12(7-22)4-6-25)26-10-14-15(21)9-24-18-16(14)13(8-23-18)19(26)27/h8-9,11-12,17H,3-6,10H2,1-2H3,(H,23,24). The van der Waals surface area contributed by atoms with Crippen LogP contribution in [0.1, 0.15) is 42.6 Å². The number of H-pyrrole nitrogens is 1. The number of aromatic nitrogens is 2. The largest absolute Gasteiger partial charge is 0.345 e. The Morgan fingerprint density at radius 2 is 2.11 bits per heavy atom. The van der Waals surface area contributed by atoms with Gasteiger partial charge >= 0.3 is 0 Å². The van der Waals surface area contributed by atoms with Gasteiger partial charge in [-0.2, -0.15) is 5.26 Å². The quantitative estimate of drug-likeness (QED) is 0.858. The smallest absolute Gasteiger partial charge is 0.257 e. The van der Waals surface area contributed by atoms with Crippen molar-refractivity contribution in [1.29, 1.82) is 5.26 Å². The number of carbonyl (C=O) groups excluding carboxylic acids is 2. The number of piperidine rings is 1. The van der Waals surface area contributed by atoms with E-state index in [1.165, 1.54) is 0 Å². The average molecular weight is 400 g/mol. The number of pyridine rings is 1. The van der Waals surface area contributed by atoms with Gasteiger partial charge in [-0.25, -0.2) is 4.98 Å². The van der Waals surface area contributed by atoms with Gasteiger partial charge in [0.1, 0.15) is 11.7 Å². The molecule has 0 saturated carbocycles. The summed E-state index contributed by atoms with van der Waals surface area (Å²) in [5.74, 6) is -0.284. The molecule has 0 aromatic carbocycles. The van der Waals surface area contributed by atoms with Crippen molar-refractivity contribution >= 4 is 34.4 Å². The summed E-state index contributed by atoms with van der Waals surface area (Å²) in [7, 11) is 0. The zero-order valence-corrected chi connectivity index (χ0v) is 16.7. The Balaban J connectivity index is 1.66. The molecule has 1 saturated heterocycles. The number of hydrogen-bond donors (Lipinski definition) is 1. The van der Waals surface area contributed by atoms with E-state index in [0.29, 0.717) is 42.2 Å². The number of nitriles is 1.